The van der Waals surface area contributed by atoms with Crippen LogP contribution in [-0.2, 0) is 9.53 Å². The summed E-state index contributed by atoms with van der Waals surface area (Å²) in [6.45, 7) is 1.76. The molecule has 2 heterocycles. The maximum Gasteiger partial charge on any atom is 0.254 e. The van der Waals surface area contributed by atoms with Gasteiger partial charge in [-0.2, -0.15) is 5.10 Å². The van der Waals surface area contributed by atoms with Gasteiger partial charge in [0.2, 0.25) is 0 Å². The predicted molar refractivity (Wildman–Crippen MR) is 77.6 cm³/mol. The summed E-state index contributed by atoms with van der Waals surface area (Å²) < 4.78 is 6.94. The zero-order chi connectivity index (χ0) is 14.7. The van der Waals surface area contributed by atoms with Gasteiger partial charge in [0, 0.05) is 13.1 Å². The lowest BCUT2D eigenvalue weighted by atomic mass is 10.2. The Balaban J connectivity index is 1.85. The number of carbonyl (C=O) groups excluding carboxylic acids is 1. The average Bonchev–Trinajstić information content (AvgIpc) is 3.02. The minimum absolute atomic E-state index is 0.217. The maximum atomic E-state index is 12.2. The normalized spacial score (nSPS) is 18.4. The number of nitrogens with one attached hydrogen (secondary N) is 2. The SMILES string of the molecule is O=C(Nc1cccc(Cl)c1-n1cncn1)C1CNCCO1. The first-order valence-corrected chi connectivity index (χ1v) is 6.90. The molecule has 0 spiro atoms. The van der Waals surface area contributed by atoms with E-state index < -0.39 is 6.10 Å². The molecule has 0 radical (unpaired) electrons. The number of carbonyl (C=O) groups is 1. The molecule has 0 bridgehead atoms. The number of rotatable bonds is 3. The van der Waals surface area contributed by atoms with Crippen molar-refractivity contribution in [3.63, 3.8) is 0 Å². The summed E-state index contributed by atoms with van der Waals surface area (Å²) >= 11 is 6.21. The Hall–Kier alpha value is -1.96. The second-order valence-electron chi connectivity index (χ2n) is 4.53. The van der Waals surface area contributed by atoms with Crippen molar-refractivity contribution >= 4 is 23.2 Å². The highest BCUT2D eigenvalue weighted by Gasteiger charge is 2.23. The third-order valence-corrected chi connectivity index (χ3v) is 3.42. The van der Waals surface area contributed by atoms with E-state index in [2.05, 4.69) is 20.7 Å². The first-order chi connectivity index (χ1) is 10.3. The number of para-hydroxylation sites is 1. The number of anilines is 1. The van der Waals surface area contributed by atoms with Gasteiger partial charge in [-0.05, 0) is 12.1 Å². The van der Waals surface area contributed by atoms with Gasteiger partial charge >= 0.3 is 0 Å². The Morgan fingerprint density at radius 1 is 1.52 bits per heavy atom. The van der Waals surface area contributed by atoms with Crippen LogP contribution in [0.2, 0.25) is 5.02 Å². The van der Waals surface area contributed by atoms with Crippen LogP contribution in [0, 0.1) is 0 Å². The van der Waals surface area contributed by atoms with Crippen LogP contribution in [-0.4, -0.2) is 46.5 Å². The second-order valence-corrected chi connectivity index (χ2v) is 4.94. The monoisotopic (exact) mass is 307 g/mol. The van der Waals surface area contributed by atoms with E-state index in [0.717, 1.165) is 6.54 Å². The number of hydrogen-bond donors (Lipinski definition) is 2. The summed E-state index contributed by atoms with van der Waals surface area (Å²) in [5, 5.41) is 10.5. The standard InChI is InChI=1S/C13H14ClN5O2/c14-9-2-1-3-10(12(9)19-8-16-7-17-19)18-13(20)11-6-15-4-5-21-11/h1-3,7-8,11,15H,4-6H2,(H,18,20). The lowest BCUT2D eigenvalue weighted by Gasteiger charge is -2.23. The summed E-state index contributed by atoms with van der Waals surface area (Å²) in [4.78, 5) is 16.1. The van der Waals surface area contributed by atoms with E-state index in [0.29, 0.717) is 29.5 Å². The molecule has 1 saturated heterocycles. The first kappa shape index (κ1) is 14.0. The number of halogens is 1. The predicted octanol–water partition coefficient (Wildman–Crippen LogP) is 0.848. The number of amides is 1. The Kier molecular flexibility index (Phi) is 4.14. The zero-order valence-electron chi connectivity index (χ0n) is 11.1. The number of morpholine rings is 1. The van der Waals surface area contributed by atoms with Gasteiger partial charge in [-0.1, -0.05) is 17.7 Å². The van der Waals surface area contributed by atoms with Gasteiger partial charge in [-0.15, -0.1) is 0 Å². The molecular weight excluding hydrogens is 294 g/mol. The smallest absolute Gasteiger partial charge is 0.254 e. The summed E-state index contributed by atoms with van der Waals surface area (Å²) in [5.74, 6) is -0.217. The van der Waals surface area contributed by atoms with Gasteiger partial charge in [-0.25, -0.2) is 9.67 Å². The fourth-order valence-corrected chi connectivity index (χ4v) is 2.38. The lowest BCUT2D eigenvalue weighted by Crippen LogP contribution is -2.45. The number of hydrogen-bond acceptors (Lipinski definition) is 5. The molecule has 1 fully saturated rings. The van der Waals surface area contributed by atoms with Crippen molar-refractivity contribution < 1.29 is 9.53 Å². The third-order valence-electron chi connectivity index (χ3n) is 3.11. The molecule has 21 heavy (non-hydrogen) atoms. The summed E-state index contributed by atoms with van der Waals surface area (Å²) in [7, 11) is 0. The summed E-state index contributed by atoms with van der Waals surface area (Å²) in [6, 6.07) is 5.25. The van der Waals surface area contributed by atoms with Gasteiger partial charge in [-0.3, -0.25) is 4.79 Å². The second kappa shape index (κ2) is 6.21. The van der Waals surface area contributed by atoms with Crippen molar-refractivity contribution in [1.29, 1.82) is 0 Å². The van der Waals surface area contributed by atoms with E-state index in [1.165, 1.54) is 17.3 Å². The quantitative estimate of drug-likeness (QED) is 0.878. The van der Waals surface area contributed by atoms with Crippen molar-refractivity contribution in [2.24, 2.45) is 0 Å². The largest absolute Gasteiger partial charge is 0.366 e. The van der Waals surface area contributed by atoms with Crippen molar-refractivity contribution in [2.45, 2.75) is 6.10 Å². The molecule has 0 aliphatic carbocycles. The van der Waals surface area contributed by atoms with E-state index in [1.54, 1.807) is 18.2 Å². The Morgan fingerprint density at radius 2 is 2.43 bits per heavy atom. The fourth-order valence-electron chi connectivity index (χ4n) is 2.12. The fraction of sp³-hybridized carbons (Fsp3) is 0.308. The minimum atomic E-state index is -0.513. The molecule has 2 N–H and O–H groups in total. The van der Waals surface area contributed by atoms with Crippen LogP contribution in [0.25, 0.3) is 5.69 Å². The van der Waals surface area contributed by atoms with Gasteiger partial charge < -0.3 is 15.4 Å². The number of aromatic nitrogens is 3. The van der Waals surface area contributed by atoms with Crippen molar-refractivity contribution in [3.05, 3.63) is 35.9 Å². The molecule has 2 aromatic rings. The number of benzene rings is 1. The molecule has 3 rings (SSSR count). The molecule has 1 atom stereocenters. The van der Waals surface area contributed by atoms with Gasteiger partial charge in [0.15, 0.2) is 0 Å². The molecule has 7 nitrogen and oxygen atoms in total. The molecule has 8 heteroatoms. The van der Waals surface area contributed by atoms with E-state index >= 15 is 0 Å². The van der Waals surface area contributed by atoms with Crippen LogP contribution < -0.4 is 10.6 Å². The van der Waals surface area contributed by atoms with E-state index in [-0.39, 0.29) is 5.91 Å². The van der Waals surface area contributed by atoms with Crippen molar-refractivity contribution in [3.8, 4) is 5.69 Å². The lowest BCUT2D eigenvalue weighted by molar-refractivity contribution is -0.128. The molecule has 1 aliphatic heterocycles. The average molecular weight is 308 g/mol. The van der Waals surface area contributed by atoms with Gasteiger partial charge in [0.05, 0.1) is 17.3 Å². The van der Waals surface area contributed by atoms with Crippen LogP contribution >= 0.6 is 11.6 Å². The van der Waals surface area contributed by atoms with Crippen LogP contribution in [0.1, 0.15) is 0 Å². The van der Waals surface area contributed by atoms with Crippen LogP contribution in [0.15, 0.2) is 30.9 Å². The summed E-state index contributed by atoms with van der Waals surface area (Å²) in [6.07, 6.45) is 2.42. The van der Waals surface area contributed by atoms with E-state index in [9.17, 15) is 4.79 Å². The molecule has 1 amide bonds. The van der Waals surface area contributed by atoms with Crippen LogP contribution in [0.4, 0.5) is 5.69 Å². The van der Waals surface area contributed by atoms with E-state index in [4.69, 9.17) is 16.3 Å². The Bertz CT molecular complexity index is 625. The first-order valence-electron chi connectivity index (χ1n) is 6.52. The van der Waals surface area contributed by atoms with Crippen molar-refractivity contribution in [2.75, 3.05) is 25.0 Å². The molecule has 0 saturated carbocycles. The molecular formula is C13H14ClN5O2. The highest BCUT2D eigenvalue weighted by atomic mass is 35.5. The molecule has 1 unspecified atom stereocenters. The minimum Gasteiger partial charge on any atom is -0.366 e. The summed E-state index contributed by atoms with van der Waals surface area (Å²) in [5.41, 5.74) is 1.14. The third kappa shape index (κ3) is 3.05. The van der Waals surface area contributed by atoms with Crippen LogP contribution in [0.3, 0.4) is 0 Å². The molecule has 1 aliphatic rings. The zero-order valence-corrected chi connectivity index (χ0v) is 11.9. The van der Waals surface area contributed by atoms with Crippen LogP contribution in [0.5, 0.6) is 0 Å². The molecule has 1 aromatic heterocycles. The van der Waals surface area contributed by atoms with E-state index in [1.807, 2.05) is 0 Å². The highest BCUT2D eigenvalue weighted by molar-refractivity contribution is 6.33. The maximum absolute atomic E-state index is 12.2. The Morgan fingerprint density at radius 3 is 3.14 bits per heavy atom. The topological polar surface area (TPSA) is 81.1 Å². The Labute approximate surface area is 126 Å². The highest BCUT2D eigenvalue weighted by Crippen LogP contribution is 2.27. The van der Waals surface area contributed by atoms with Gasteiger partial charge in [0.25, 0.3) is 5.91 Å². The van der Waals surface area contributed by atoms with Gasteiger partial charge in [0.1, 0.15) is 24.4 Å². The molecule has 110 valence electrons. The van der Waals surface area contributed by atoms with Crippen molar-refractivity contribution in [1.82, 2.24) is 20.1 Å². The number of ether oxygens (including phenoxy) is 1. The number of nitrogens with zero attached hydrogens (tertiary/aromatic N) is 3. The molecule has 1 aromatic carbocycles.